The number of nitrogen functional groups attached to an aromatic ring is 1. The highest BCUT2D eigenvalue weighted by molar-refractivity contribution is 6.29. The molecule has 19 heavy (non-hydrogen) atoms. The summed E-state index contributed by atoms with van der Waals surface area (Å²) in [6.07, 6.45) is 2.11. The van der Waals surface area contributed by atoms with Crippen molar-refractivity contribution in [2.45, 2.75) is 12.0 Å². The first-order chi connectivity index (χ1) is 9.06. The van der Waals surface area contributed by atoms with Gasteiger partial charge in [-0.15, -0.1) is 0 Å². The zero-order valence-electron chi connectivity index (χ0n) is 10.6. The Bertz CT molecular complexity index is 475. The molecule has 1 fully saturated rings. The summed E-state index contributed by atoms with van der Waals surface area (Å²) in [5.41, 5.74) is 5.84. The van der Waals surface area contributed by atoms with Gasteiger partial charge in [-0.05, 0) is 6.07 Å². The second-order valence-electron chi connectivity index (χ2n) is 4.47. The third-order valence-corrected chi connectivity index (χ3v) is 3.42. The molecule has 6 nitrogen and oxygen atoms in total. The van der Waals surface area contributed by atoms with Crippen LogP contribution in [0, 0.1) is 0 Å². The molecule has 0 aromatic carbocycles. The molecule has 1 aromatic rings. The van der Waals surface area contributed by atoms with E-state index < -0.39 is 5.60 Å². The molecule has 7 heteroatoms. The standard InChI is InChI=1S/C12H16ClN3O3/c1-18-12(2-3-19-7-12)6-16-11(17)8-4-10(13)15-5-9(8)14/h4-5H,2-3,6-7,14H2,1H3,(H,16,17). The summed E-state index contributed by atoms with van der Waals surface area (Å²) in [5, 5.41) is 3.02. The summed E-state index contributed by atoms with van der Waals surface area (Å²) in [5.74, 6) is -0.301. The van der Waals surface area contributed by atoms with Crippen LogP contribution in [0.5, 0.6) is 0 Å². The Morgan fingerprint density at radius 3 is 3.16 bits per heavy atom. The van der Waals surface area contributed by atoms with Crippen molar-refractivity contribution in [3.8, 4) is 0 Å². The molecule has 0 spiro atoms. The average Bonchev–Trinajstić information content (AvgIpc) is 2.88. The van der Waals surface area contributed by atoms with Gasteiger partial charge in [-0.2, -0.15) is 0 Å². The number of amides is 1. The maximum absolute atomic E-state index is 12.1. The third kappa shape index (κ3) is 3.15. The van der Waals surface area contributed by atoms with Gasteiger partial charge in [0.2, 0.25) is 0 Å². The van der Waals surface area contributed by atoms with Crippen molar-refractivity contribution < 1.29 is 14.3 Å². The van der Waals surface area contributed by atoms with Crippen LogP contribution in [-0.4, -0.2) is 43.4 Å². The van der Waals surface area contributed by atoms with Gasteiger partial charge in [0.25, 0.3) is 5.91 Å². The molecule has 104 valence electrons. The minimum atomic E-state index is -0.457. The number of anilines is 1. The van der Waals surface area contributed by atoms with E-state index >= 15 is 0 Å². The molecule has 0 radical (unpaired) electrons. The molecule has 0 saturated carbocycles. The lowest BCUT2D eigenvalue weighted by atomic mass is 10.0. The molecule has 1 aliphatic rings. The number of rotatable bonds is 4. The van der Waals surface area contributed by atoms with Gasteiger partial charge in [0.05, 0.1) is 24.1 Å². The average molecular weight is 286 g/mol. The second-order valence-corrected chi connectivity index (χ2v) is 4.85. The number of nitrogens with one attached hydrogen (secondary N) is 1. The van der Waals surface area contributed by atoms with Crippen LogP contribution >= 0.6 is 11.6 Å². The van der Waals surface area contributed by atoms with E-state index in [-0.39, 0.29) is 16.7 Å². The van der Waals surface area contributed by atoms with Crippen LogP contribution < -0.4 is 11.1 Å². The van der Waals surface area contributed by atoms with Crippen molar-refractivity contribution in [1.82, 2.24) is 10.3 Å². The maximum atomic E-state index is 12.1. The fraction of sp³-hybridized carbons (Fsp3) is 0.500. The van der Waals surface area contributed by atoms with E-state index in [2.05, 4.69) is 10.3 Å². The Hall–Kier alpha value is -1.37. The predicted octanol–water partition coefficient (Wildman–Crippen LogP) is 0.853. The number of carbonyl (C=O) groups excluding carboxylic acids is 1. The third-order valence-electron chi connectivity index (χ3n) is 3.22. The highest BCUT2D eigenvalue weighted by Crippen LogP contribution is 2.22. The highest BCUT2D eigenvalue weighted by Gasteiger charge is 2.35. The van der Waals surface area contributed by atoms with Crippen molar-refractivity contribution in [1.29, 1.82) is 0 Å². The molecular formula is C12H16ClN3O3. The zero-order chi connectivity index (χ0) is 13.9. The van der Waals surface area contributed by atoms with Gasteiger partial charge in [-0.3, -0.25) is 4.79 Å². The summed E-state index contributed by atoms with van der Waals surface area (Å²) in [6, 6.07) is 1.44. The minimum Gasteiger partial charge on any atom is -0.397 e. The van der Waals surface area contributed by atoms with E-state index in [0.29, 0.717) is 25.3 Å². The molecule has 0 aliphatic carbocycles. The fourth-order valence-electron chi connectivity index (χ4n) is 1.93. The normalized spacial score (nSPS) is 22.4. The van der Waals surface area contributed by atoms with Crippen LogP contribution in [0.1, 0.15) is 16.8 Å². The molecule has 2 rings (SSSR count). The minimum absolute atomic E-state index is 0.227. The highest BCUT2D eigenvalue weighted by atomic mass is 35.5. The number of methoxy groups -OCH3 is 1. The lowest BCUT2D eigenvalue weighted by molar-refractivity contribution is -0.0148. The molecule has 1 unspecified atom stereocenters. The maximum Gasteiger partial charge on any atom is 0.253 e. The Kier molecular flexibility index (Phi) is 4.24. The van der Waals surface area contributed by atoms with E-state index in [0.717, 1.165) is 6.42 Å². The van der Waals surface area contributed by atoms with Crippen LogP contribution in [-0.2, 0) is 9.47 Å². The Morgan fingerprint density at radius 2 is 2.53 bits per heavy atom. The van der Waals surface area contributed by atoms with Crippen LogP contribution in [0.15, 0.2) is 12.3 Å². The SMILES string of the molecule is COC1(CNC(=O)c2cc(Cl)ncc2N)CCOC1. The molecule has 1 saturated heterocycles. The molecule has 1 amide bonds. The number of hydrogen-bond acceptors (Lipinski definition) is 5. The molecule has 1 aliphatic heterocycles. The van der Waals surface area contributed by atoms with Gasteiger partial charge in [-0.25, -0.2) is 4.98 Å². The van der Waals surface area contributed by atoms with Crippen molar-refractivity contribution >= 4 is 23.2 Å². The first-order valence-electron chi connectivity index (χ1n) is 5.88. The topological polar surface area (TPSA) is 86.5 Å². The Labute approximate surface area is 116 Å². The summed E-state index contributed by atoms with van der Waals surface area (Å²) in [4.78, 5) is 15.9. The van der Waals surface area contributed by atoms with Gasteiger partial charge in [-0.1, -0.05) is 11.6 Å². The first-order valence-corrected chi connectivity index (χ1v) is 6.26. The van der Waals surface area contributed by atoms with Gasteiger partial charge in [0.1, 0.15) is 10.8 Å². The van der Waals surface area contributed by atoms with E-state index in [4.69, 9.17) is 26.8 Å². The van der Waals surface area contributed by atoms with Crippen LogP contribution in [0.4, 0.5) is 5.69 Å². The number of carbonyl (C=O) groups is 1. The monoisotopic (exact) mass is 285 g/mol. The van der Waals surface area contributed by atoms with Gasteiger partial charge >= 0.3 is 0 Å². The first kappa shape index (κ1) is 14.0. The Morgan fingerprint density at radius 1 is 1.74 bits per heavy atom. The van der Waals surface area contributed by atoms with E-state index in [1.165, 1.54) is 12.3 Å². The van der Waals surface area contributed by atoms with Crippen LogP contribution in [0.25, 0.3) is 0 Å². The van der Waals surface area contributed by atoms with Gasteiger partial charge in [0, 0.05) is 26.7 Å². The number of hydrogen-bond donors (Lipinski definition) is 2. The number of halogens is 1. The van der Waals surface area contributed by atoms with Crippen molar-refractivity contribution in [3.05, 3.63) is 23.0 Å². The molecule has 1 aromatic heterocycles. The van der Waals surface area contributed by atoms with Crippen molar-refractivity contribution in [2.24, 2.45) is 0 Å². The fourth-order valence-corrected chi connectivity index (χ4v) is 2.09. The number of nitrogens with zero attached hydrogens (tertiary/aromatic N) is 1. The summed E-state index contributed by atoms with van der Waals surface area (Å²) >= 11 is 5.75. The Balaban J connectivity index is 2.03. The number of nitrogens with two attached hydrogens (primary N) is 1. The predicted molar refractivity (Wildman–Crippen MR) is 71.2 cm³/mol. The molecule has 1 atom stereocenters. The number of ether oxygens (including phenoxy) is 2. The van der Waals surface area contributed by atoms with E-state index in [1.807, 2.05) is 0 Å². The van der Waals surface area contributed by atoms with Gasteiger partial charge in [0.15, 0.2) is 0 Å². The van der Waals surface area contributed by atoms with Crippen LogP contribution in [0.2, 0.25) is 5.15 Å². The van der Waals surface area contributed by atoms with E-state index in [1.54, 1.807) is 7.11 Å². The number of pyridine rings is 1. The van der Waals surface area contributed by atoms with Crippen molar-refractivity contribution in [2.75, 3.05) is 32.6 Å². The number of aromatic nitrogens is 1. The quantitative estimate of drug-likeness (QED) is 0.801. The molecular weight excluding hydrogens is 270 g/mol. The zero-order valence-corrected chi connectivity index (χ0v) is 11.4. The summed E-state index contributed by atoms with van der Waals surface area (Å²) in [7, 11) is 1.61. The second kappa shape index (κ2) is 5.73. The lowest BCUT2D eigenvalue weighted by Gasteiger charge is -2.25. The van der Waals surface area contributed by atoms with Crippen molar-refractivity contribution in [3.63, 3.8) is 0 Å². The van der Waals surface area contributed by atoms with E-state index in [9.17, 15) is 4.79 Å². The molecule has 3 N–H and O–H groups in total. The largest absolute Gasteiger partial charge is 0.397 e. The lowest BCUT2D eigenvalue weighted by Crippen LogP contribution is -2.45. The van der Waals surface area contributed by atoms with Crippen LogP contribution in [0.3, 0.4) is 0 Å². The summed E-state index contributed by atoms with van der Waals surface area (Å²) < 4.78 is 10.7. The molecule has 0 bridgehead atoms. The molecule has 2 heterocycles. The summed E-state index contributed by atoms with van der Waals surface area (Å²) in [6.45, 7) is 1.46. The van der Waals surface area contributed by atoms with Gasteiger partial charge < -0.3 is 20.5 Å². The smallest absolute Gasteiger partial charge is 0.253 e.